The molecule has 2 rings (SSSR count). The molecule has 0 saturated heterocycles. The van der Waals surface area contributed by atoms with Gasteiger partial charge in [0.15, 0.2) is 0 Å². The van der Waals surface area contributed by atoms with Crippen LogP contribution in [-0.4, -0.2) is 55.0 Å². The summed E-state index contributed by atoms with van der Waals surface area (Å²) < 4.78 is 59.9. The molecule has 2 heterocycles. The summed E-state index contributed by atoms with van der Waals surface area (Å²) in [6, 6.07) is 0.281. The van der Waals surface area contributed by atoms with Gasteiger partial charge in [0.05, 0.1) is 19.2 Å². The summed E-state index contributed by atoms with van der Waals surface area (Å²) in [6.07, 6.45) is -6.15. The van der Waals surface area contributed by atoms with E-state index in [0.717, 1.165) is 6.07 Å². The van der Waals surface area contributed by atoms with Crippen LogP contribution in [0.2, 0.25) is 0 Å². The molecule has 1 aliphatic rings. The van der Waals surface area contributed by atoms with E-state index in [2.05, 4.69) is 10.3 Å². The molecule has 180 valence electrons. The summed E-state index contributed by atoms with van der Waals surface area (Å²) in [5.41, 5.74) is -0.800. The van der Waals surface area contributed by atoms with Crippen molar-refractivity contribution in [2.24, 2.45) is 4.99 Å². The van der Waals surface area contributed by atoms with Gasteiger partial charge in [-0.1, -0.05) is 0 Å². The molecule has 0 fully saturated rings. The standard InChI is InChI=1S/C20H27F3N2O6S/c1-5-29-19(3,30-6-2)18-25-14(11-32-18)17(27)24-13(7-8-20(21,22)23)15-9-12(28-4)10-16(26)31-15/h9-10,13-14H,5-8,11H2,1-4H3,(H,24,27)/t13-,14?/m1/s1. The molecule has 1 amide bonds. The topological polar surface area (TPSA) is 99.4 Å². The third-order valence-corrected chi connectivity index (χ3v) is 5.79. The van der Waals surface area contributed by atoms with E-state index < -0.39 is 48.4 Å². The van der Waals surface area contributed by atoms with Crippen LogP contribution in [0.25, 0.3) is 0 Å². The predicted octanol–water partition coefficient (Wildman–Crippen LogP) is 3.45. The number of thioether (sulfide) groups is 1. The van der Waals surface area contributed by atoms with Gasteiger partial charge >= 0.3 is 11.8 Å². The number of rotatable bonds is 11. The third-order valence-electron chi connectivity index (χ3n) is 4.56. The second-order valence-electron chi connectivity index (χ2n) is 7.01. The first-order valence-electron chi connectivity index (χ1n) is 10.1. The molecule has 1 aromatic rings. The summed E-state index contributed by atoms with van der Waals surface area (Å²) in [4.78, 5) is 29.0. The lowest BCUT2D eigenvalue weighted by atomic mass is 10.1. The maximum atomic E-state index is 12.8. The van der Waals surface area contributed by atoms with Crippen LogP contribution in [0.4, 0.5) is 13.2 Å². The molecule has 12 heteroatoms. The van der Waals surface area contributed by atoms with E-state index in [1.54, 1.807) is 20.8 Å². The zero-order chi connectivity index (χ0) is 23.9. The number of carbonyl (C=O) groups is 1. The van der Waals surface area contributed by atoms with Crippen LogP contribution < -0.4 is 15.7 Å². The van der Waals surface area contributed by atoms with Gasteiger partial charge in [0, 0.05) is 31.5 Å². The fraction of sp³-hybridized carbons (Fsp3) is 0.650. The lowest BCUT2D eigenvalue weighted by Crippen LogP contribution is -2.40. The highest BCUT2D eigenvalue weighted by Gasteiger charge is 2.39. The zero-order valence-electron chi connectivity index (χ0n) is 18.3. The van der Waals surface area contributed by atoms with Gasteiger partial charge in [-0.05, 0) is 27.2 Å². The Morgan fingerprint density at radius 2 is 1.97 bits per heavy atom. The number of nitrogens with zero attached hydrogens (tertiary/aromatic N) is 1. The molecule has 0 radical (unpaired) electrons. The molecular formula is C20H27F3N2O6S. The summed E-state index contributed by atoms with van der Waals surface area (Å²) in [6.45, 7) is 6.02. The molecule has 0 bridgehead atoms. The lowest BCUT2D eigenvalue weighted by molar-refractivity contribution is -0.169. The second-order valence-corrected chi connectivity index (χ2v) is 8.02. The minimum absolute atomic E-state index is 0.114. The van der Waals surface area contributed by atoms with Crippen molar-refractivity contribution in [1.82, 2.24) is 5.32 Å². The summed E-state index contributed by atoms with van der Waals surface area (Å²) >= 11 is 1.28. The van der Waals surface area contributed by atoms with Gasteiger partial charge in [0.2, 0.25) is 11.7 Å². The minimum Gasteiger partial charge on any atom is -0.496 e. The van der Waals surface area contributed by atoms with Crippen molar-refractivity contribution in [1.29, 1.82) is 0 Å². The molecule has 1 aromatic heterocycles. The Hall–Kier alpha value is -2.05. The van der Waals surface area contributed by atoms with Crippen LogP contribution in [0.3, 0.4) is 0 Å². The van der Waals surface area contributed by atoms with E-state index in [-0.39, 0.29) is 17.3 Å². The van der Waals surface area contributed by atoms with Crippen LogP contribution in [0, 0.1) is 0 Å². The Labute approximate surface area is 187 Å². The Balaban J connectivity index is 2.24. The Bertz CT molecular complexity index is 868. The van der Waals surface area contributed by atoms with Gasteiger partial charge in [-0.25, -0.2) is 4.79 Å². The van der Waals surface area contributed by atoms with Crippen molar-refractivity contribution in [2.75, 3.05) is 26.1 Å². The SMILES string of the molecule is CCOC(C)(OCC)C1=NC(C(=O)N[C@H](CCC(F)(F)F)c2cc(OC)cc(=O)o2)CS1. The Morgan fingerprint density at radius 1 is 1.31 bits per heavy atom. The third kappa shape index (κ3) is 7.24. The monoisotopic (exact) mass is 480 g/mol. The van der Waals surface area contributed by atoms with Gasteiger partial charge in [-0.15, -0.1) is 11.8 Å². The Kier molecular flexibility index (Phi) is 9.17. The molecule has 8 nitrogen and oxygen atoms in total. The number of halogens is 3. The largest absolute Gasteiger partial charge is 0.496 e. The highest BCUT2D eigenvalue weighted by molar-refractivity contribution is 8.14. The highest BCUT2D eigenvalue weighted by atomic mass is 32.2. The normalized spacial score (nSPS) is 17.7. The molecule has 0 aliphatic carbocycles. The van der Waals surface area contributed by atoms with E-state index in [1.807, 2.05) is 0 Å². The van der Waals surface area contributed by atoms with Gasteiger partial charge in [-0.2, -0.15) is 13.2 Å². The number of aliphatic imine (C=N–C) groups is 1. The van der Waals surface area contributed by atoms with Crippen molar-refractivity contribution < 1.29 is 36.6 Å². The summed E-state index contributed by atoms with van der Waals surface area (Å²) in [7, 11) is 1.31. The number of nitrogens with one attached hydrogen (secondary N) is 1. The molecule has 1 N–H and O–H groups in total. The van der Waals surface area contributed by atoms with Crippen LogP contribution in [0.15, 0.2) is 26.3 Å². The van der Waals surface area contributed by atoms with Crippen molar-refractivity contribution in [3.05, 3.63) is 28.3 Å². The maximum Gasteiger partial charge on any atom is 0.389 e. The molecule has 1 unspecified atom stereocenters. The average molecular weight is 481 g/mol. The first-order valence-corrected chi connectivity index (χ1v) is 11.0. The minimum atomic E-state index is -4.45. The maximum absolute atomic E-state index is 12.8. The average Bonchev–Trinajstić information content (AvgIpc) is 3.21. The van der Waals surface area contributed by atoms with Crippen molar-refractivity contribution in [3.8, 4) is 5.75 Å². The van der Waals surface area contributed by atoms with Gasteiger partial charge < -0.3 is 23.9 Å². The Morgan fingerprint density at radius 3 is 2.53 bits per heavy atom. The number of alkyl halides is 3. The van der Waals surface area contributed by atoms with E-state index in [9.17, 15) is 22.8 Å². The van der Waals surface area contributed by atoms with Crippen molar-refractivity contribution in [3.63, 3.8) is 0 Å². The lowest BCUT2D eigenvalue weighted by Gasteiger charge is -2.28. The number of methoxy groups -OCH3 is 1. The molecule has 0 aromatic carbocycles. The number of carbonyl (C=O) groups excluding carboxylic acids is 1. The summed E-state index contributed by atoms with van der Waals surface area (Å²) in [5.74, 6) is -1.46. The number of ether oxygens (including phenoxy) is 3. The number of hydrogen-bond acceptors (Lipinski definition) is 8. The van der Waals surface area contributed by atoms with Crippen molar-refractivity contribution in [2.45, 2.75) is 57.7 Å². The fourth-order valence-corrected chi connectivity index (χ4v) is 4.22. The van der Waals surface area contributed by atoms with E-state index in [1.165, 1.54) is 24.9 Å². The van der Waals surface area contributed by atoms with E-state index >= 15 is 0 Å². The van der Waals surface area contributed by atoms with Crippen molar-refractivity contribution >= 4 is 22.7 Å². The van der Waals surface area contributed by atoms with Gasteiger partial charge in [0.1, 0.15) is 22.6 Å². The quantitative estimate of drug-likeness (QED) is 0.484. The first kappa shape index (κ1) is 26.2. The molecule has 0 saturated carbocycles. The number of amides is 1. The highest BCUT2D eigenvalue weighted by Crippen LogP contribution is 2.32. The molecule has 1 aliphatic heterocycles. The van der Waals surface area contributed by atoms with Gasteiger partial charge in [0.25, 0.3) is 0 Å². The van der Waals surface area contributed by atoms with E-state index in [4.69, 9.17) is 18.6 Å². The summed E-state index contributed by atoms with van der Waals surface area (Å²) in [5, 5.41) is 3.01. The smallest absolute Gasteiger partial charge is 0.389 e. The van der Waals surface area contributed by atoms with Gasteiger partial charge in [-0.3, -0.25) is 9.79 Å². The second kappa shape index (κ2) is 11.2. The molecular weight excluding hydrogens is 453 g/mol. The van der Waals surface area contributed by atoms with Crippen LogP contribution in [-0.2, 0) is 14.3 Å². The van der Waals surface area contributed by atoms with Crippen LogP contribution in [0.5, 0.6) is 5.75 Å². The first-order chi connectivity index (χ1) is 15.0. The van der Waals surface area contributed by atoms with E-state index in [0.29, 0.717) is 18.3 Å². The predicted molar refractivity (Wildman–Crippen MR) is 113 cm³/mol. The van der Waals surface area contributed by atoms with Crippen LogP contribution >= 0.6 is 11.8 Å². The molecule has 32 heavy (non-hydrogen) atoms. The molecule has 0 spiro atoms. The van der Waals surface area contributed by atoms with Crippen LogP contribution in [0.1, 0.15) is 45.4 Å². The number of hydrogen-bond donors (Lipinski definition) is 1. The fourth-order valence-electron chi connectivity index (χ4n) is 3.10. The zero-order valence-corrected chi connectivity index (χ0v) is 19.1. The molecule has 2 atom stereocenters.